The van der Waals surface area contributed by atoms with E-state index in [0.717, 1.165) is 33.2 Å². The van der Waals surface area contributed by atoms with Crippen molar-refractivity contribution in [2.45, 2.75) is 0 Å². The van der Waals surface area contributed by atoms with Crippen LogP contribution in [-0.2, 0) is 0 Å². The molecule has 2 aromatic heterocycles. The van der Waals surface area contributed by atoms with Crippen molar-refractivity contribution in [3.8, 4) is 5.75 Å². The Balaban J connectivity index is 1.75. The molecule has 0 saturated heterocycles. The number of carbonyl (C=O) groups is 1. The molecule has 4 aromatic rings. The fraction of sp³-hybridized carbons (Fsp3) is 0.0500. The molecule has 0 fully saturated rings. The van der Waals surface area contributed by atoms with Crippen LogP contribution in [0.15, 0.2) is 53.6 Å². The second-order valence-corrected chi connectivity index (χ2v) is 9.28. The zero-order valence-corrected chi connectivity index (χ0v) is 18.4. The van der Waals surface area contributed by atoms with Gasteiger partial charge in [-0.1, -0.05) is 34.5 Å². The Labute approximate surface area is 188 Å². The van der Waals surface area contributed by atoms with E-state index in [1.807, 2.05) is 0 Å². The molecule has 5 nitrogen and oxygen atoms in total. The van der Waals surface area contributed by atoms with E-state index in [0.29, 0.717) is 20.3 Å². The number of thiazole rings is 1. The molecule has 0 bridgehead atoms. The smallest absolute Gasteiger partial charge is 0.283 e. The standard InChI is InChI=1S/C20H12Cl2FN3O2S2/c1-28-13-5-2-11(3-6-13)10-24-26(19(27)14-9-17(21)30-18(14)22)20-25-15-7-4-12(23)8-16(15)29-20/h2-10H,1H3/b24-10+. The van der Waals surface area contributed by atoms with Crippen LogP contribution in [0.2, 0.25) is 8.67 Å². The largest absolute Gasteiger partial charge is 0.497 e. The number of fused-ring (bicyclic) bond motifs is 1. The summed E-state index contributed by atoms with van der Waals surface area (Å²) < 4.78 is 20.0. The van der Waals surface area contributed by atoms with E-state index in [4.69, 9.17) is 27.9 Å². The van der Waals surface area contributed by atoms with Gasteiger partial charge in [-0.2, -0.15) is 10.1 Å². The topological polar surface area (TPSA) is 54.8 Å². The molecular formula is C20H12Cl2FN3O2S2. The lowest BCUT2D eigenvalue weighted by Gasteiger charge is -2.13. The number of rotatable bonds is 5. The lowest BCUT2D eigenvalue weighted by atomic mass is 10.2. The first kappa shape index (κ1) is 20.7. The van der Waals surface area contributed by atoms with Crippen molar-refractivity contribution in [2.75, 3.05) is 12.1 Å². The van der Waals surface area contributed by atoms with Gasteiger partial charge in [0.15, 0.2) is 0 Å². The van der Waals surface area contributed by atoms with Crippen molar-refractivity contribution in [1.29, 1.82) is 0 Å². The number of nitrogens with zero attached hydrogens (tertiary/aromatic N) is 3. The van der Waals surface area contributed by atoms with Gasteiger partial charge in [-0.3, -0.25) is 4.79 Å². The highest BCUT2D eigenvalue weighted by Gasteiger charge is 2.25. The molecule has 0 aliphatic carbocycles. The maximum Gasteiger partial charge on any atom is 0.283 e. The van der Waals surface area contributed by atoms with Crippen LogP contribution in [0.1, 0.15) is 15.9 Å². The van der Waals surface area contributed by atoms with Gasteiger partial charge in [0.1, 0.15) is 15.9 Å². The van der Waals surface area contributed by atoms with Crippen molar-refractivity contribution < 1.29 is 13.9 Å². The van der Waals surface area contributed by atoms with Gasteiger partial charge in [0.2, 0.25) is 5.13 Å². The van der Waals surface area contributed by atoms with E-state index in [1.165, 1.54) is 24.4 Å². The minimum atomic E-state index is -0.493. The van der Waals surface area contributed by atoms with Crippen LogP contribution in [-0.4, -0.2) is 24.2 Å². The summed E-state index contributed by atoms with van der Waals surface area (Å²) in [4.78, 5) is 17.6. The molecule has 0 unspecified atom stereocenters. The van der Waals surface area contributed by atoms with Gasteiger partial charge in [-0.05, 0) is 54.1 Å². The second kappa shape index (κ2) is 8.69. The Morgan fingerprint density at radius 1 is 1.17 bits per heavy atom. The monoisotopic (exact) mass is 479 g/mol. The molecule has 0 spiro atoms. The normalized spacial score (nSPS) is 11.3. The number of benzene rings is 2. The van der Waals surface area contributed by atoms with Gasteiger partial charge < -0.3 is 4.74 Å². The van der Waals surface area contributed by atoms with Crippen LogP contribution in [0.5, 0.6) is 5.75 Å². The third-order valence-corrected chi connectivity index (χ3v) is 6.52. The molecule has 152 valence electrons. The zero-order chi connectivity index (χ0) is 21.3. The molecular weight excluding hydrogens is 468 g/mol. The summed E-state index contributed by atoms with van der Waals surface area (Å²) in [5.41, 5.74) is 1.52. The van der Waals surface area contributed by atoms with Crippen molar-refractivity contribution in [3.05, 3.63) is 74.1 Å². The molecule has 1 amide bonds. The Kier molecular flexibility index (Phi) is 6.01. The number of thiophene rings is 1. The summed E-state index contributed by atoms with van der Waals surface area (Å²) in [7, 11) is 1.58. The Morgan fingerprint density at radius 3 is 2.60 bits per heavy atom. The molecule has 0 aliphatic heterocycles. The van der Waals surface area contributed by atoms with Crippen LogP contribution in [0.4, 0.5) is 9.52 Å². The summed E-state index contributed by atoms with van der Waals surface area (Å²) in [6.45, 7) is 0. The van der Waals surface area contributed by atoms with Crippen molar-refractivity contribution in [1.82, 2.24) is 4.98 Å². The van der Waals surface area contributed by atoms with E-state index in [-0.39, 0.29) is 20.8 Å². The fourth-order valence-corrected chi connectivity index (χ4v) is 4.98. The molecule has 4 rings (SSSR count). The van der Waals surface area contributed by atoms with Crippen LogP contribution in [0.3, 0.4) is 0 Å². The van der Waals surface area contributed by atoms with Gasteiger partial charge in [0.25, 0.3) is 5.91 Å². The number of ether oxygens (including phenoxy) is 1. The van der Waals surface area contributed by atoms with Gasteiger partial charge in [0.05, 0.1) is 33.4 Å². The predicted octanol–water partition coefficient (Wildman–Crippen LogP) is 6.49. The first-order valence-corrected chi connectivity index (χ1v) is 10.9. The summed E-state index contributed by atoms with van der Waals surface area (Å²) in [6.07, 6.45) is 1.52. The fourth-order valence-electron chi connectivity index (χ4n) is 2.58. The van der Waals surface area contributed by atoms with Crippen molar-refractivity contribution in [3.63, 3.8) is 0 Å². The second-order valence-electron chi connectivity index (χ2n) is 5.98. The highest BCUT2D eigenvalue weighted by atomic mass is 35.5. The van der Waals surface area contributed by atoms with Gasteiger partial charge in [-0.25, -0.2) is 9.37 Å². The van der Waals surface area contributed by atoms with Crippen LogP contribution in [0.25, 0.3) is 10.2 Å². The Bertz CT molecular complexity index is 1250. The molecule has 2 aromatic carbocycles. The number of hydrazone groups is 1. The average molecular weight is 480 g/mol. The molecule has 30 heavy (non-hydrogen) atoms. The predicted molar refractivity (Wildman–Crippen MR) is 121 cm³/mol. The summed E-state index contributed by atoms with van der Waals surface area (Å²) in [5.74, 6) is -0.176. The highest BCUT2D eigenvalue weighted by Crippen LogP contribution is 2.35. The molecule has 0 aliphatic rings. The van der Waals surface area contributed by atoms with Gasteiger partial charge in [-0.15, -0.1) is 11.3 Å². The third kappa shape index (κ3) is 4.32. The molecule has 0 N–H and O–H groups in total. The SMILES string of the molecule is COc1ccc(/C=N/N(C(=O)c2cc(Cl)sc2Cl)c2nc3ccc(F)cc3s2)cc1. The molecule has 10 heteroatoms. The summed E-state index contributed by atoms with van der Waals surface area (Å²) in [5, 5.41) is 5.76. The Morgan fingerprint density at radius 2 is 1.93 bits per heavy atom. The molecule has 2 heterocycles. The number of anilines is 1. The van der Waals surface area contributed by atoms with E-state index < -0.39 is 5.91 Å². The quantitative estimate of drug-likeness (QED) is 0.242. The highest BCUT2D eigenvalue weighted by molar-refractivity contribution is 7.22. The van der Waals surface area contributed by atoms with E-state index in [1.54, 1.807) is 37.4 Å². The van der Waals surface area contributed by atoms with E-state index >= 15 is 0 Å². The van der Waals surface area contributed by atoms with Crippen LogP contribution >= 0.6 is 45.9 Å². The zero-order valence-electron chi connectivity index (χ0n) is 15.3. The van der Waals surface area contributed by atoms with Crippen molar-refractivity contribution >= 4 is 73.3 Å². The summed E-state index contributed by atoms with van der Waals surface area (Å²) >= 11 is 14.4. The number of amides is 1. The van der Waals surface area contributed by atoms with Gasteiger partial charge >= 0.3 is 0 Å². The molecule has 0 atom stereocenters. The number of hydrogen-bond acceptors (Lipinski definition) is 6. The Hall–Kier alpha value is -2.52. The van der Waals surface area contributed by atoms with Gasteiger partial charge in [0, 0.05) is 0 Å². The first-order chi connectivity index (χ1) is 14.4. The number of hydrogen-bond donors (Lipinski definition) is 0. The first-order valence-electron chi connectivity index (χ1n) is 8.48. The lowest BCUT2D eigenvalue weighted by Crippen LogP contribution is -2.25. The average Bonchev–Trinajstić information content (AvgIpc) is 3.30. The van der Waals surface area contributed by atoms with E-state index in [2.05, 4.69) is 10.1 Å². The number of carbonyl (C=O) groups excluding carboxylic acids is 1. The third-order valence-electron chi connectivity index (χ3n) is 4.04. The number of methoxy groups -OCH3 is 1. The maximum absolute atomic E-state index is 13.6. The van der Waals surface area contributed by atoms with Crippen LogP contribution in [0, 0.1) is 5.82 Å². The molecule has 0 radical (unpaired) electrons. The minimum absolute atomic E-state index is 0.212. The van der Waals surface area contributed by atoms with Crippen LogP contribution < -0.4 is 9.75 Å². The lowest BCUT2D eigenvalue weighted by molar-refractivity contribution is 0.0988. The summed E-state index contributed by atoms with van der Waals surface area (Å²) in [6, 6.07) is 12.9. The molecule has 0 saturated carbocycles. The van der Waals surface area contributed by atoms with E-state index in [9.17, 15) is 9.18 Å². The minimum Gasteiger partial charge on any atom is -0.497 e. The van der Waals surface area contributed by atoms with Crippen molar-refractivity contribution in [2.24, 2.45) is 5.10 Å². The number of aromatic nitrogens is 1. The maximum atomic E-state index is 13.6. The number of halogens is 3.